The highest BCUT2D eigenvalue weighted by atomic mass is 16.5. The summed E-state index contributed by atoms with van der Waals surface area (Å²) < 4.78 is 17.7. The van der Waals surface area contributed by atoms with Gasteiger partial charge >= 0.3 is 0 Å². The molecule has 176 valence electrons. The minimum Gasteiger partial charge on any atom is -0.497 e. The molecule has 0 aromatic heterocycles. The molecule has 0 spiro atoms. The van der Waals surface area contributed by atoms with Crippen molar-refractivity contribution in [3.8, 4) is 11.5 Å². The zero-order valence-electron chi connectivity index (χ0n) is 20.2. The molecule has 2 unspecified atom stereocenters. The van der Waals surface area contributed by atoms with Crippen LogP contribution < -0.4 is 9.47 Å². The summed E-state index contributed by atoms with van der Waals surface area (Å²) in [5.41, 5.74) is 6.32. The molecule has 0 N–H and O–H groups in total. The first-order valence-electron chi connectivity index (χ1n) is 11.5. The van der Waals surface area contributed by atoms with Gasteiger partial charge in [-0.15, -0.1) is 0 Å². The molecular formula is C32H30O3. The highest BCUT2D eigenvalue weighted by Gasteiger charge is 2.23. The Hall–Kier alpha value is -4.08. The molecule has 0 saturated carbocycles. The van der Waals surface area contributed by atoms with Crippen LogP contribution in [0.15, 0.2) is 110 Å². The van der Waals surface area contributed by atoms with Gasteiger partial charge in [0, 0.05) is 0 Å². The second-order valence-electron chi connectivity index (χ2n) is 8.18. The number of hydrogen-bond donors (Lipinski definition) is 0. The van der Waals surface area contributed by atoms with Gasteiger partial charge in [-0.3, -0.25) is 0 Å². The molecule has 3 heteroatoms. The largest absolute Gasteiger partial charge is 0.497 e. The van der Waals surface area contributed by atoms with Gasteiger partial charge in [-0.05, 0) is 57.6 Å². The topological polar surface area (TPSA) is 27.7 Å². The molecule has 2 atom stereocenters. The Morgan fingerprint density at radius 1 is 0.486 bits per heavy atom. The number of benzene rings is 4. The lowest BCUT2D eigenvalue weighted by Gasteiger charge is -2.27. The van der Waals surface area contributed by atoms with Crippen molar-refractivity contribution < 1.29 is 14.2 Å². The Kier molecular flexibility index (Phi) is 7.81. The van der Waals surface area contributed by atoms with Gasteiger partial charge in [-0.1, -0.05) is 98.1 Å². The van der Waals surface area contributed by atoms with Crippen molar-refractivity contribution in [3.63, 3.8) is 0 Å². The van der Waals surface area contributed by atoms with Crippen LogP contribution in [0.5, 0.6) is 11.5 Å². The SMILES string of the molecule is C=Cc1ccc(C(OC(c2ccc(C=C)cc2)c2ccc(OC)cc2)c2ccc(OC)cc2)cc1. The Morgan fingerprint density at radius 2 is 0.771 bits per heavy atom. The maximum Gasteiger partial charge on any atom is 0.118 e. The third-order valence-corrected chi connectivity index (χ3v) is 6.06. The quantitative estimate of drug-likeness (QED) is 0.240. The molecule has 4 rings (SSSR count). The third kappa shape index (κ3) is 5.71. The number of rotatable bonds is 10. The molecule has 0 heterocycles. The first-order valence-corrected chi connectivity index (χ1v) is 11.5. The van der Waals surface area contributed by atoms with E-state index in [0.717, 1.165) is 44.9 Å². The van der Waals surface area contributed by atoms with Crippen LogP contribution >= 0.6 is 0 Å². The van der Waals surface area contributed by atoms with Crippen LogP contribution in [0.4, 0.5) is 0 Å². The Bertz CT molecular complexity index is 1140. The van der Waals surface area contributed by atoms with Crippen molar-refractivity contribution in [1.29, 1.82) is 0 Å². The minimum absolute atomic E-state index is 0.300. The predicted molar refractivity (Wildman–Crippen MR) is 144 cm³/mol. The zero-order chi connectivity index (χ0) is 24.6. The van der Waals surface area contributed by atoms with Gasteiger partial charge in [0.25, 0.3) is 0 Å². The van der Waals surface area contributed by atoms with Crippen molar-refractivity contribution in [2.75, 3.05) is 14.2 Å². The Balaban J connectivity index is 1.79. The van der Waals surface area contributed by atoms with Gasteiger partial charge in [-0.2, -0.15) is 0 Å². The Labute approximate surface area is 207 Å². The minimum atomic E-state index is -0.300. The standard InChI is InChI=1S/C32H30O3/c1-5-23-7-11-25(12-8-23)31(27-15-19-29(33-3)20-16-27)35-32(26-13-9-24(6-2)10-14-26)28-17-21-30(34-4)22-18-28/h5-22,31-32H,1-2H2,3-4H3. The third-order valence-electron chi connectivity index (χ3n) is 6.06. The van der Waals surface area contributed by atoms with E-state index in [2.05, 4.69) is 86.0 Å². The van der Waals surface area contributed by atoms with E-state index >= 15 is 0 Å². The number of methoxy groups -OCH3 is 2. The van der Waals surface area contributed by atoms with Crippen molar-refractivity contribution in [1.82, 2.24) is 0 Å². The van der Waals surface area contributed by atoms with E-state index in [1.54, 1.807) is 14.2 Å². The van der Waals surface area contributed by atoms with Crippen LogP contribution in [0.1, 0.15) is 45.6 Å². The van der Waals surface area contributed by atoms with Crippen LogP contribution in [0, 0.1) is 0 Å². The van der Waals surface area contributed by atoms with E-state index < -0.39 is 0 Å². The molecule has 0 fully saturated rings. The molecule has 3 nitrogen and oxygen atoms in total. The van der Waals surface area contributed by atoms with Gasteiger partial charge in [0.15, 0.2) is 0 Å². The van der Waals surface area contributed by atoms with Crippen LogP contribution in [-0.4, -0.2) is 14.2 Å². The molecule has 0 aliphatic heterocycles. The monoisotopic (exact) mass is 462 g/mol. The highest BCUT2D eigenvalue weighted by Crippen LogP contribution is 2.37. The fraction of sp³-hybridized carbons (Fsp3) is 0.125. The summed E-state index contributed by atoms with van der Waals surface area (Å²) in [6.07, 6.45) is 3.08. The van der Waals surface area contributed by atoms with E-state index in [0.29, 0.717) is 0 Å². The van der Waals surface area contributed by atoms with Crippen LogP contribution in [-0.2, 0) is 4.74 Å². The van der Waals surface area contributed by atoms with Crippen molar-refractivity contribution >= 4 is 12.2 Å². The molecule has 35 heavy (non-hydrogen) atoms. The molecule has 4 aromatic carbocycles. The second kappa shape index (κ2) is 11.4. The first kappa shape index (κ1) is 24.1. The first-order chi connectivity index (χ1) is 17.1. The summed E-state index contributed by atoms with van der Waals surface area (Å²) in [4.78, 5) is 0. The smallest absolute Gasteiger partial charge is 0.118 e. The van der Waals surface area contributed by atoms with Crippen molar-refractivity contribution in [2.24, 2.45) is 0 Å². The molecular weight excluding hydrogens is 432 g/mol. The summed E-state index contributed by atoms with van der Waals surface area (Å²) in [5, 5.41) is 0. The zero-order valence-corrected chi connectivity index (χ0v) is 20.2. The average Bonchev–Trinajstić information content (AvgIpc) is 2.94. The van der Waals surface area contributed by atoms with E-state index in [1.807, 2.05) is 36.4 Å². The fourth-order valence-corrected chi connectivity index (χ4v) is 4.01. The molecule has 0 radical (unpaired) electrons. The molecule has 0 bridgehead atoms. The van der Waals surface area contributed by atoms with Crippen LogP contribution in [0.3, 0.4) is 0 Å². The van der Waals surface area contributed by atoms with Crippen LogP contribution in [0.2, 0.25) is 0 Å². The normalized spacial score (nSPS) is 12.4. The maximum atomic E-state index is 6.96. The summed E-state index contributed by atoms with van der Waals surface area (Å²) in [6, 6.07) is 32.7. The summed E-state index contributed by atoms with van der Waals surface area (Å²) >= 11 is 0. The average molecular weight is 463 g/mol. The Morgan fingerprint density at radius 3 is 1.03 bits per heavy atom. The molecule has 4 aromatic rings. The maximum absolute atomic E-state index is 6.96. The predicted octanol–water partition coefficient (Wildman–Crippen LogP) is 7.89. The summed E-state index contributed by atoms with van der Waals surface area (Å²) in [7, 11) is 3.34. The highest BCUT2D eigenvalue weighted by molar-refractivity contribution is 5.49. The lowest BCUT2D eigenvalue weighted by molar-refractivity contribution is 0.0308. The second-order valence-corrected chi connectivity index (χ2v) is 8.18. The van der Waals surface area contributed by atoms with Gasteiger partial charge < -0.3 is 14.2 Å². The van der Waals surface area contributed by atoms with Gasteiger partial charge in [-0.25, -0.2) is 0 Å². The molecule has 0 aliphatic carbocycles. The van der Waals surface area contributed by atoms with Crippen molar-refractivity contribution in [2.45, 2.75) is 12.2 Å². The number of ether oxygens (including phenoxy) is 3. The number of hydrogen-bond acceptors (Lipinski definition) is 3. The van der Waals surface area contributed by atoms with Crippen LogP contribution in [0.25, 0.3) is 12.2 Å². The van der Waals surface area contributed by atoms with E-state index in [-0.39, 0.29) is 12.2 Å². The summed E-state index contributed by atoms with van der Waals surface area (Å²) in [5.74, 6) is 1.61. The lowest BCUT2D eigenvalue weighted by atomic mass is 9.96. The van der Waals surface area contributed by atoms with Crippen molar-refractivity contribution in [3.05, 3.63) is 144 Å². The van der Waals surface area contributed by atoms with E-state index in [1.165, 1.54) is 0 Å². The lowest BCUT2D eigenvalue weighted by Crippen LogP contribution is -2.13. The van der Waals surface area contributed by atoms with Gasteiger partial charge in [0.05, 0.1) is 14.2 Å². The molecule has 0 aliphatic rings. The van der Waals surface area contributed by atoms with E-state index in [9.17, 15) is 0 Å². The van der Waals surface area contributed by atoms with Gasteiger partial charge in [0.1, 0.15) is 23.7 Å². The van der Waals surface area contributed by atoms with E-state index in [4.69, 9.17) is 14.2 Å². The van der Waals surface area contributed by atoms with Gasteiger partial charge in [0.2, 0.25) is 0 Å². The molecule has 0 amide bonds. The summed E-state index contributed by atoms with van der Waals surface area (Å²) in [6.45, 7) is 7.75. The fourth-order valence-electron chi connectivity index (χ4n) is 4.01. The molecule has 0 saturated heterocycles.